The van der Waals surface area contributed by atoms with Gasteiger partial charge < -0.3 is 0 Å². The largest absolute Gasteiger partial charge is 0.216 e. The molecule has 2 nitrogen and oxygen atoms in total. The molecule has 0 radical (unpaired) electrons. The Kier molecular flexibility index (Phi) is 4.48. The zero-order valence-corrected chi connectivity index (χ0v) is 14.1. The minimum Gasteiger partial charge on any atom is -0.216 e. The predicted octanol–water partition coefficient (Wildman–Crippen LogP) is 6.01. The molecule has 6 heteroatoms. The summed E-state index contributed by atoms with van der Waals surface area (Å²) in [4.78, 5) is 8.61. The van der Waals surface area contributed by atoms with Crippen molar-refractivity contribution in [1.82, 2.24) is 9.97 Å². The molecule has 1 aliphatic rings. The van der Waals surface area contributed by atoms with E-state index in [0.717, 1.165) is 18.4 Å². The van der Waals surface area contributed by atoms with Gasteiger partial charge in [0.25, 0.3) is 0 Å². The van der Waals surface area contributed by atoms with Crippen molar-refractivity contribution < 1.29 is 4.39 Å². The molecular weight excluding hydrogens is 378 g/mol. The first kappa shape index (κ1) is 15.2. The molecule has 0 amide bonds. The van der Waals surface area contributed by atoms with Gasteiger partial charge in [0, 0.05) is 11.1 Å². The Morgan fingerprint density at radius 1 is 1.10 bits per heavy atom. The van der Waals surface area contributed by atoms with Gasteiger partial charge in [-0.15, -0.1) is 0 Å². The van der Waals surface area contributed by atoms with Crippen LogP contribution in [0.4, 0.5) is 4.39 Å². The number of halogens is 4. The van der Waals surface area contributed by atoms with Gasteiger partial charge in [0.05, 0.1) is 4.47 Å². The van der Waals surface area contributed by atoms with E-state index in [4.69, 9.17) is 23.2 Å². The molecule has 0 aliphatic heterocycles. The Morgan fingerprint density at radius 3 is 2.29 bits per heavy atom. The fourth-order valence-electron chi connectivity index (χ4n) is 2.73. The van der Waals surface area contributed by atoms with Crippen molar-refractivity contribution in [2.45, 2.75) is 31.6 Å². The zero-order valence-electron chi connectivity index (χ0n) is 11.0. The Labute approximate surface area is 140 Å². The molecule has 1 aromatic heterocycles. The van der Waals surface area contributed by atoms with Crippen molar-refractivity contribution >= 4 is 39.1 Å². The van der Waals surface area contributed by atoms with E-state index < -0.39 is 0 Å². The van der Waals surface area contributed by atoms with E-state index in [-0.39, 0.29) is 5.82 Å². The van der Waals surface area contributed by atoms with E-state index in [1.165, 1.54) is 18.9 Å². The highest BCUT2D eigenvalue weighted by atomic mass is 79.9. The summed E-state index contributed by atoms with van der Waals surface area (Å²) < 4.78 is 14.0. The third kappa shape index (κ3) is 3.08. The molecule has 1 saturated carbocycles. The topological polar surface area (TPSA) is 25.8 Å². The first-order chi connectivity index (χ1) is 10.1. The van der Waals surface area contributed by atoms with Crippen LogP contribution < -0.4 is 0 Å². The van der Waals surface area contributed by atoms with Crippen molar-refractivity contribution in [3.8, 4) is 11.4 Å². The zero-order chi connectivity index (χ0) is 15.0. The average Bonchev–Trinajstić information content (AvgIpc) is 2.95. The lowest BCUT2D eigenvalue weighted by Crippen LogP contribution is -2.01. The van der Waals surface area contributed by atoms with Crippen molar-refractivity contribution in [3.63, 3.8) is 0 Å². The maximum absolute atomic E-state index is 13.6. The van der Waals surface area contributed by atoms with Crippen LogP contribution in [-0.4, -0.2) is 9.97 Å². The van der Waals surface area contributed by atoms with Crippen LogP contribution in [0.3, 0.4) is 0 Å². The highest BCUT2D eigenvalue weighted by Crippen LogP contribution is 2.40. The first-order valence-electron chi connectivity index (χ1n) is 6.74. The molecule has 21 heavy (non-hydrogen) atoms. The second-order valence-electron chi connectivity index (χ2n) is 5.15. The molecule has 110 valence electrons. The monoisotopic (exact) mass is 388 g/mol. The van der Waals surface area contributed by atoms with Crippen LogP contribution in [0, 0.1) is 5.82 Å². The Balaban J connectivity index is 2.03. The van der Waals surface area contributed by atoms with Crippen molar-refractivity contribution in [2.75, 3.05) is 0 Å². The molecule has 0 unspecified atom stereocenters. The third-order valence-electron chi connectivity index (χ3n) is 3.79. The Hall–Kier alpha value is -0.710. The van der Waals surface area contributed by atoms with E-state index >= 15 is 0 Å². The smallest absolute Gasteiger partial charge is 0.162 e. The van der Waals surface area contributed by atoms with Crippen LogP contribution in [0.1, 0.15) is 37.2 Å². The summed E-state index contributed by atoms with van der Waals surface area (Å²) in [6, 6.07) is 4.70. The third-order valence-corrected chi connectivity index (χ3v) is 5.01. The van der Waals surface area contributed by atoms with Gasteiger partial charge >= 0.3 is 0 Å². The van der Waals surface area contributed by atoms with Gasteiger partial charge in [-0.1, -0.05) is 36.0 Å². The summed E-state index contributed by atoms with van der Waals surface area (Å²) in [5.41, 5.74) is 1.38. The number of hydrogen-bond donors (Lipinski definition) is 0. The maximum Gasteiger partial charge on any atom is 0.162 e. The van der Waals surface area contributed by atoms with Crippen LogP contribution >= 0.6 is 39.1 Å². The van der Waals surface area contributed by atoms with Gasteiger partial charge in [-0.2, -0.15) is 0 Å². The maximum atomic E-state index is 13.6. The number of nitrogens with zero attached hydrogens (tertiary/aromatic N) is 2. The van der Waals surface area contributed by atoms with E-state index in [9.17, 15) is 4.39 Å². The molecule has 1 aliphatic carbocycles. The van der Waals surface area contributed by atoms with Gasteiger partial charge in [-0.3, -0.25) is 0 Å². The first-order valence-corrected chi connectivity index (χ1v) is 8.29. The molecule has 3 rings (SSSR count). The summed E-state index contributed by atoms with van der Waals surface area (Å²) >= 11 is 15.7. The normalized spacial score (nSPS) is 15.6. The number of aromatic nitrogens is 2. The number of benzene rings is 1. The van der Waals surface area contributed by atoms with E-state index in [2.05, 4.69) is 25.9 Å². The molecule has 2 aromatic rings. The van der Waals surface area contributed by atoms with Crippen LogP contribution in [0.25, 0.3) is 11.4 Å². The Bertz CT molecular complexity index is 664. The van der Waals surface area contributed by atoms with E-state index in [0.29, 0.717) is 32.1 Å². The second-order valence-corrected chi connectivity index (χ2v) is 6.72. The predicted molar refractivity (Wildman–Crippen MR) is 86.4 cm³/mol. The van der Waals surface area contributed by atoms with Gasteiger partial charge in [0.2, 0.25) is 0 Å². The molecule has 1 fully saturated rings. The highest BCUT2D eigenvalue weighted by Gasteiger charge is 2.24. The van der Waals surface area contributed by atoms with Crippen LogP contribution in [0.2, 0.25) is 10.3 Å². The molecule has 0 bridgehead atoms. The van der Waals surface area contributed by atoms with Crippen LogP contribution in [-0.2, 0) is 0 Å². The second kappa shape index (κ2) is 6.19. The SMILES string of the molecule is Fc1cc(-c2nc(Cl)c(C3CCCC3)c(Cl)n2)ccc1Br. The summed E-state index contributed by atoms with van der Waals surface area (Å²) in [6.07, 6.45) is 4.48. The quantitative estimate of drug-likeness (QED) is 0.587. The van der Waals surface area contributed by atoms with Gasteiger partial charge in [-0.05, 0) is 52.9 Å². The highest BCUT2D eigenvalue weighted by molar-refractivity contribution is 9.10. The summed E-state index contributed by atoms with van der Waals surface area (Å²) in [5, 5.41) is 0.750. The lowest BCUT2D eigenvalue weighted by Gasteiger charge is -2.13. The van der Waals surface area contributed by atoms with E-state index in [1.54, 1.807) is 12.1 Å². The van der Waals surface area contributed by atoms with E-state index in [1.807, 2.05) is 0 Å². The standard InChI is InChI=1S/C15H12BrCl2FN2/c16-10-6-5-9(7-11(10)19)15-20-13(17)12(14(18)21-15)8-3-1-2-4-8/h5-8H,1-4H2. The molecule has 0 spiro atoms. The van der Waals surface area contributed by atoms with Crippen LogP contribution in [0.5, 0.6) is 0 Å². The number of hydrogen-bond acceptors (Lipinski definition) is 2. The fraction of sp³-hybridized carbons (Fsp3) is 0.333. The average molecular weight is 390 g/mol. The van der Waals surface area contributed by atoms with Crippen molar-refractivity contribution in [2.24, 2.45) is 0 Å². The minimum absolute atomic E-state index is 0.334. The fourth-order valence-corrected chi connectivity index (χ4v) is 3.67. The van der Waals surface area contributed by atoms with Crippen LogP contribution in [0.15, 0.2) is 22.7 Å². The summed E-state index contributed by atoms with van der Waals surface area (Å²) in [6.45, 7) is 0. The number of rotatable bonds is 2. The molecular formula is C15H12BrCl2FN2. The Morgan fingerprint density at radius 2 is 1.71 bits per heavy atom. The van der Waals surface area contributed by atoms with Gasteiger partial charge in [0.1, 0.15) is 16.1 Å². The lowest BCUT2D eigenvalue weighted by molar-refractivity contribution is 0.621. The molecule has 1 heterocycles. The molecule has 1 aromatic carbocycles. The summed E-state index contributed by atoms with van der Waals surface area (Å²) in [5.74, 6) is 0.307. The molecule has 0 saturated heterocycles. The minimum atomic E-state index is -0.372. The van der Waals surface area contributed by atoms with Crippen molar-refractivity contribution in [3.05, 3.63) is 44.4 Å². The lowest BCUT2D eigenvalue weighted by atomic mass is 10.0. The summed E-state index contributed by atoms with van der Waals surface area (Å²) in [7, 11) is 0. The van der Waals surface area contributed by atoms with Gasteiger partial charge in [-0.25, -0.2) is 14.4 Å². The molecule has 0 atom stereocenters. The van der Waals surface area contributed by atoms with Crippen molar-refractivity contribution in [1.29, 1.82) is 0 Å². The molecule has 0 N–H and O–H groups in total. The van der Waals surface area contributed by atoms with Gasteiger partial charge in [0.15, 0.2) is 5.82 Å².